The van der Waals surface area contributed by atoms with Crippen LogP contribution in [0.5, 0.6) is 0 Å². The fraction of sp³-hybridized carbons (Fsp3) is 0.417. The summed E-state index contributed by atoms with van der Waals surface area (Å²) < 4.78 is 0. The molecule has 1 unspecified atom stereocenters. The van der Waals surface area contributed by atoms with Crippen molar-refractivity contribution in [3.63, 3.8) is 0 Å². The molecule has 1 aliphatic carbocycles. The minimum absolute atomic E-state index is 0.295. The quantitative estimate of drug-likeness (QED) is 0.801. The second kappa shape index (κ2) is 3.57. The van der Waals surface area contributed by atoms with Crippen molar-refractivity contribution >= 4 is 11.7 Å². The van der Waals surface area contributed by atoms with Crippen LogP contribution >= 0.6 is 0 Å². The summed E-state index contributed by atoms with van der Waals surface area (Å²) in [6, 6.07) is 6.04. The van der Waals surface area contributed by atoms with E-state index in [9.17, 15) is 4.79 Å². The third-order valence-corrected chi connectivity index (χ3v) is 3.02. The number of benzene rings is 1. The van der Waals surface area contributed by atoms with E-state index >= 15 is 0 Å². The summed E-state index contributed by atoms with van der Waals surface area (Å²) in [5, 5.41) is 9.03. The Morgan fingerprint density at radius 3 is 2.80 bits per heavy atom. The first kappa shape index (κ1) is 10.0. The number of aliphatic carboxylic acids is 1. The van der Waals surface area contributed by atoms with Crippen molar-refractivity contribution < 1.29 is 9.90 Å². The fourth-order valence-corrected chi connectivity index (χ4v) is 2.14. The Hall–Kier alpha value is -1.51. The zero-order valence-electron chi connectivity index (χ0n) is 9.03. The number of carbonyl (C=O) groups is 1. The van der Waals surface area contributed by atoms with Crippen LogP contribution in [0.3, 0.4) is 0 Å². The summed E-state index contributed by atoms with van der Waals surface area (Å²) in [6.45, 7) is 0. The standard InChI is InChI=1S/C12H15NO2/c1-13(2)9-4-6-10-8(7-9)3-5-11(10)12(14)15/h4,6-7,11H,3,5H2,1-2H3,(H,14,15). The molecule has 80 valence electrons. The lowest BCUT2D eigenvalue weighted by atomic mass is 10.0. The summed E-state index contributed by atoms with van der Waals surface area (Å²) in [5.41, 5.74) is 3.32. The monoisotopic (exact) mass is 205 g/mol. The predicted octanol–water partition coefficient (Wildman–Crippen LogP) is 1.87. The van der Waals surface area contributed by atoms with Gasteiger partial charge in [0.25, 0.3) is 0 Å². The number of carboxylic acids is 1. The maximum absolute atomic E-state index is 11.0. The first-order valence-electron chi connectivity index (χ1n) is 5.12. The summed E-state index contributed by atoms with van der Waals surface area (Å²) in [6.07, 6.45) is 1.62. The molecule has 3 heteroatoms. The highest BCUT2D eigenvalue weighted by Crippen LogP contribution is 2.35. The van der Waals surface area contributed by atoms with E-state index in [2.05, 4.69) is 6.07 Å². The average molecular weight is 205 g/mol. The molecule has 0 aromatic heterocycles. The van der Waals surface area contributed by atoms with Crippen molar-refractivity contribution in [3.8, 4) is 0 Å². The molecule has 0 bridgehead atoms. The molecule has 1 atom stereocenters. The van der Waals surface area contributed by atoms with E-state index in [4.69, 9.17) is 5.11 Å². The van der Waals surface area contributed by atoms with Gasteiger partial charge in [-0.15, -0.1) is 0 Å². The average Bonchev–Trinajstić information content (AvgIpc) is 2.59. The number of rotatable bonds is 2. The molecule has 1 N–H and O–H groups in total. The lowest BCUT2D eigenvalue weighted by Gasteiger charge is -2.14. The Kier molecular flexibility index (Phi) is 2.39. The maximum Gasteiger partial charge on any atom is 0.310 e. The zero-order valence-corrected chi connectivity index (χ0v) is 9.03. The Morgan fingerprint density at radius 1 is 1.47 bits per heavy atom. The van der Waals surface area contributed by atoms with Crippen LogP contribution in [0.4, 0.5) is 5.69 Å². The number of hydrogen-bond donors (Lipinski definition) is 1. The van der Waals surface area contributed by atoms with Crippen molar-refractivity contribution in [3.05, 3.63) is 29.3 Å². The molecule has 0 heterocycles. The van der Waals surface area contributed by atoms with Gasteiger partial charge in [-0.3, -0.25) is 4.79 Å². The van der Waals surface area contributed by atoms with Crippen LogP contribution in [0.15, 0.2) is 18.2 Å². The van der Waals surface area contributed by atoms with Gasteiger partial charge in [0.1, 0.15) is 0 Å². The second-order valence-electron chi connectivity index (χ2n) is 4.21. The van der Waals surface area contributed by atoms with Crippen LogP contribution < -0.4 is 4.90 Å². The molecule has 1 aromatic rings. The van der Waals surface area contributed by atoms with Gasteiger partial charge in [0, 0.05) is 19.8 Å². The van der Waals surface area contributed by atoms with E-state index in [1.807, 2.05) is 31.1 Å². The Balaban J connectivity index is 2.37. The van der Waals surface area contributed by atoms with Crippen LogP contribution in [-0.2, 0) is 11.2 Å². The van der Waals surface area contributed by atoms with E-state index in [0.29, 0.717) is 0 Å². The molecule has 3 nitrogen and oxygen atoms in total. The van der Waals surface area contributed by atoms with Crippen molar-refractivity contribution in [2.75, 3.05) is 19.0 Å². The van der Waals surface area contributed by atoms with Gasteiger partial charge < -0.3 is 10.0 Å². The molecular formula is C12H15NO2. The van der Waals surface area contributed by atoms with Crippen LogP contribution in [0.1, 0.15) is 23.5 Å². The van der Waals surface area contributed by atoms with Crippen molar-refractivity contribution in [1.82, 2.24) is 0 Å². The summed E-state index contributed by atoms with van der Waals surface area (Å²) in [7, 11) is 3.98. The van der Waals surface area contributed by atoms with Gasteiger partial charge in [0.2, 0.25) is 0 Å². The van der Waals surface area contributed by atoms with Gasteiger partial charge in [0.05, 0.1) is 5.92 Å². The normalized spacial score (nSPS) is 18.7. The summed E-state index contributed by atoms with van der Waals surface area (Å²) in [5.74, 6) is -0.998. The van der Waals surface area contributed by atoms with Gasteiger partial charge in [-0.05, 0) is 36.1 Å². The highest BCUT2D eigenvalue weighted by Gasteiger charge is 2.28. The Labute approximate surface area is 89.3 Å². The van der Waals surface area contributed by atoms with Gasteiger partial charge in [-0.25, -0.2) is 0 Å². The smallest absolute Gasteiger partial charge is 0.310 e. The summed E-state index contributed by atoms with van der Waals surface area (Å²) >= 11 is 0. The third kappa shape index (κ3) is 1.69. The lowest BCUT2D eigenvalue weighted by molar-refractivity contribution is -0.138. The molecule has 0 spiro atoms. The van der Waals surface area contributed by atoms with Gasteiger partial charge in [-0.2, -0.15) is 0 Å². The van der Waals surface area contributed by atoms with Crippen LogP contribution in [0.2, 0.25) is 0 Å². The van der Waals surface area contributed by atoms with E-state index < -0.39 is 5.97 Å². The number of hydrogen-bond acceptors (Lipinski definition) is 2. The van der Waals surface area contributed by atoms with E-state index in [1.165, 1.54) is 5.56 Å². The van der Waals surface area contributed by atoms with Crippen LogP contribution in [0, 0.1) is 0 Å². The number of aryl methyl sites for hydroxylation is 1. The number of nitrogens with zero attached hydrogens (tertiary/aromatic N) is 1. The predicted molar refractivity (Wildman–Crippen MR) is 59.5 cm³/mol. The highest BCUT2D eigenvalue weighted by molar-refractivity contribution is 5.78. The van der Waals surface area contributed by atoms with Crippen molar-refractivity contribution in [1.29, 1.82) is 0 Å². The molecule has 0 saturated heterocycles. The van der Waals surface area contributed by atoms with Crippen molar-refractivity contribution in [2.45, 2.75) is 18.8 Å². The van der Waals surface area contributed by atoms with Crippen molar-refractivity contribution in [2.24, 2.45) is 0 Å². The fourth-order valence-electron chi connectivity index (χ4n) is 2.14. The third-order valence-electron chi connectivity index (χ3n) is 3.02. The van der Waals surface area contributed by atoms with Crippen LogP contribution in [0.25, 0.3) is 0 Å². The lowest BCUT2D eigenvalue weighted by Crippen LogP contribution is -2.10. The topological polar surface area (TPSA) is 40.5 Å². The van der Waals surface area contributed by atoms with Gasteiger partial charge >= 0.3 is 5.97 Å². The molecular weight excluding hydrogens is 190 g/mol. The minimum atomic E-state index is -0.702. The van der Waals surface area contributed by atoms with E-state index in [0.717, 1.165) is 24.1 Å². The SMILES string of the molecule is CN(C)c1ccc2c(c1)CCC2C(=O)O. The van der Waals surface area contributed by atoms with Crippen LogP contribution in [-0.4, -0.2) is 25.2 Å². The molecule has 0 amide bonds. The largest absolute Gasteiger partial charge is 0.481 e. The molecule has 1 aromatic carbocycles. The molecule has 2 rings (SSSR count). The van der Waals surface area contributed by atoms with Gasteiger partial charge in [0.15, 0.2) is 0 Å². The first-order chi connectivity index (χ1) is 7.09. The molecule has 0 radical (unpaired) electrons. The number of anilines is 1. The molecule has 15 heavy (non-hydrogen) atoms. The Morgan fingerprint density at radius 2 is 2.20 bits per heavy atom. The maximum atomic E-state index is 11.0. The number of fused-ring (bicyclic) bond motifs is 1. The second-order valence-corrected chi connectivity index (χ2v) is 4.21. The highest BCUT2D eigenvalue weighted by atomic mass is 16.4. The van der Waals surface area contributed by atoms with E-state index in [-0.39, 0.29) is 5.92 Å². The summed E-state index contributed by atoms with van der Waals surface area (Å²) in [4.78, 5) is 13.0. The minimum Gasteiger partial charge on any atom is -0.481 e. The van der Waals surface area contributed by atoms with Gasteiger partial charge in [-0.1, -0.05) is 6.07 Å². The molecule has 0 saturated carbocycles. The Bertz CT molecular complexity index is 399. The molecule has 0 fully saturated rings. The van der Waals surface area contributed by atoms with E-state index in [1.54, 1.807) is 0 Å². The zero-order chi connectivity index (χ0) is 11.0. The number of carboxylic acid groups (broad SMARTS) is 1. The molecule has 0 aliphatic heterocycles. The molecule has 1 aliphatic rings. The first-order valence-corrected chi connectivity index (χ1v) is 5.12.